The van der Waals surface area contributed by atoms with Crippen molar-refractivity contribution in [1.82, 2.24) is 14.7 Å². The van der Waals surface area contributed by atoms with E-state index in [4.69, 9.17) is 0 Å². The van der Waals surface area contributed by atoms with Gasteiger partial charge in [0, 0.05) is 18.0 Å². The minimum absolute atomic E-state index is 0.281. The second-order valence-corrected chi connectivity index (χ2v) is 7.34. The molecule has 5 nitrogen and oxygen atoms in total. The van der Waals surface area contributed by atoms with Gasteiger partial charge in [0.05, 0.1) is 9.92 Å². The molecule has 21 heavy (non-hydrogen) atoms. The summed E-state index contributed by atoms with van der Waals surface area (Å²) < 4.78 is 26.6. The van der Waals surface area contributed by atoms with Crippen LogP contribution in [0.15, 0.2) is 46.3 Å². The molecule has 0 saturated heterocycles. The van der Waals surface area contributed by atoms with E-state index in [0.29, 0.717) is 12.3 Å². The molecule has 0 unspecified atom stereocenters. The molecular weight excluding hydrogens is 306 g/mol. The Morgan fingerprint density at radius 2 is 1.86 bits per heavy atom. The molecule has 0 saturated carbocycles. The summed E-state index contributed by atoms with van der Waals surface area (Å²) in [6.45, 7) is 4.11. The normalized spacial score (nSPS) is 11.5. The van der Waals surface area contributed by atoms with E-state index in [2.05, 4.69) is 14.7 Å². The number of aryl methyl sites for hydroxylation is 2. The third-order valence-electron chi connectivity index (χ3n) is 2.64. The van der Waals surface area contributed by atoms with E-state index in [-0.39, 0.29) is 4.90 Å². The van der Waals surface area contributed by atoms with Crippen molar-refractivity contribution >= 4 is 21.8 Å². The van der Waals surface area contributed by atoms with E-state index in [1.165, 1.54) is 11.8 Å². The minimum atomic E-state index is -3.43. The number of hydrogen-bond donors (Lipinski definition) is 1. The summed E-state index contributed by atoms with van der Waals surface area (Å²) in [7, 11) is -3.43. The van der Waals surface area contributed by atoms with E-state index < -0.39 is 10.0 Å². The molecule has 0 fully saturated rings. The van der Waals surface area contributed by atoms with Gasteiger partial charge in [0.25, 0.3) is 0 Å². The van der Waals surface area contributed by atoms with Gasteiger partial charge in [0.15, 0.2) is 0 Å². The molecule has 1 N–H and O–H groups in total. The van der Waals surface area contributed by atoms with Crippen molar-refractivity contribution in [2.24, 2.45) is 0 Å². The Hall–Kier alpha value is -1.44. The quantitative estimate of drug-likeness (QED) is 0.501. The third kappa shape index (κ3) is 4.80. The third-order valence-corrected chi connectivity index (χ3v) is 5.03. The summed E-state index contributed by atoms with van der Waals surface area (Å²) in [6, 6.07) is 10.2. The molecule has 112 valence electrons. The summed E-state index contributed by atoms with van der Waals surface area (Å²) in [6.07, 6.45) is 0. The molecule has 0 aliphatic carbocycles. The zero-order valence-corrected chi connectivity index (χ0v) is 13.5. The smallest absolute Gasteiger partial charge is 0.238 e. The van der Waals surface area contributed by atoms with E-state index in [1.54, 1.807) is 30.3 Å². The molecule has 0 bridgehead atoms. The van der Waals surface area contributed by atoms with Crippen molar-refractivity contribution in [3.63, 3.8) is 0 Å². The molecular formula is C14H17N3O2S2. The molecule has 1 aromatic carbocycles. The van der Waals surface area contributed by atoms with Gasteiger partial charge in [0.1, 0.15) is 5.82 Å². The standard InChI is InChI=1S/C14H17N3O2S2/c1-11-10-14(17-12(2)16-11)20-9-8-15-21(18,19)13-6-4-3-5-7-13/h3-7,10,15H,8-9H2,1-2H3. The Kier molecular flexibility index (Phi) is 5.33. The summed E-state index contributed by atoms with van der Waals surface area (Å²) in [5.74, 6) is 1.34. The van der Waals surface area contributed by atoms with E-state index in [9.17, 15) is 8.42 Å². The zero-order valence-electron chi connectivity index (χ0n) is 11.9. The zero-order chi connectivity index (χ0) is 15.3. The average molecular weight is 323 g/mol. The van der Waals surface area contributed by atoms with Crippen molar-refractivity contribution in [1.29, 1.82) is 0 Å². The lowest BCUT2D eigenvalue weighted by atomic mass is 10.4. The molecule has 0 aliphatic rings. The molecule has 0 aliphatic heterocycles. The second-order valence-electron chi connectivity index (χ2n) is 4.45. The average Bonchev–Trinajstić information content (AvgIpc) is 2.44. The predicted octanol–water partition coefficient (Wildman–Crippen LogP) is 2.16. The fraction of sp³-hybridized carbons (Fsp3) is 0.286. The van der Waals surface area contributed by atoms with Gasteiger partial charge in [-0.25, -0.2) is 23.1 Å². The maximum atomic E-state index is 12.0. The number of aromatic nitrogens is 2. The number of hydrogen-bond acceptors (Lipinski definition) is 5. The van der Waals surface area contributed by atoms with Crippen LogP contribution in [0.3, 0.4) is 0 Å². The fourth-order valence-electron chi connectivity index (χ4n) is 1.77. The predicted molar refractivity (Wildman–Crippen MR) is 83.9 cm³/mol. The molecule has 7 heteroatoms. The van der Waals surface area contributed by atoms with Gasteiger partial charge in [-0.1, -0.05) is 18.2 Å². The Morgan fingerprint density at radius 1 is 1.14 bits per heavy atom. The molecule has 0 atom stereocenters. The molecule has 2 rings (SSSR count). The summed E-state index contributed by atoms with van der Waals surface area (Å²) in [5.41, 5.74) is 0.912. The van der Waals surface area contributed by atoms with Crippen LogP contribution in [0.2, 0.25) is 0 Å². The number of thioether (sulfide) groups is 1. The first kappa shape index (κ1) is 15.9. The first-order valence-corrected chi connectivity index (χ1v) is 8.94. The maximum Gasteiger partial charge on any atom is 0.240 e. The van der Waals surface area contributed by atoms with E-state index in [0.717, 1.165) is 16.5 Å². The number of sulfonamides is 1. The highest BCUT2D eigenvalue weighted by Crippen LogP contribution is 2.15. The largest absolute Gasteiger partial charge is 0.240 e. The van der Waals surface area contributed by atoms with Crippen LogP contribution in [0, 0.1) is 13.8 Å². The molecule has 0 radical (unpaired) electrons. The topological polar surface area (TPSA) is 72.0 Å². The molecule has 2 aromatic rings. The number of rotatable bonds is 6. The van der Waals surface area contributed by atoms with Crippen LogP contribution in [0.25, 0.3) is 0 Å². The lowest BCUT2D eigenvalue weighted by Gasteiger charge is -2.07. The first-order chi connectivity index (χ1) is 9.97. The van der Waals surface area contributed by atoms with Crippen molar-refractivity contribution in [2.75, 3.05) is 12.3 Å². The highest BCUT2D eigenvalue weighted by molar-refractivity contribution is 7.99. The van der Waals surface area contributed by atoms with Gasteiger partial charge in [-0.05, 0) is 32.0 Å². The molecule has 1 heterocycles. The highest BCUT2D eigenvalue weighted by atomic mass is 32.2. The maximum absolute atomic E-state index is 12.0. The van der Waals surface area contributed by atoms with Crippen molar-refractivity contribution in [3.05, 3.63) is 47.9 Å². The minimum Gasteiger partial charge on any atom is -0.238 e. The Morgan fingerprint density at radius 3 is 2.52 bits per heavy atom. The van der Waals surface area contributed by atoms with Crippen LogP contribution in [0.1, 0.15) is 11.5 Å². The highest BCUT2D eigenvalue weighted by Gasteiger charge is 2.12. The van der Waals surface area contributed by atoms with Gasteiger partial charge in [0.2, 0.25) is 10.0 Å². The summed E-state index contributed by atoms with van der Waals surface area (Å²) in [4.78, 5) is 8.79. The van der Waals surface area contributed by atoms with Gasteiger partial charge in [-0.2, -0.15) is 0 Å². The van der Waals surface area contributed by atoms with Gasteiger partial charge in [-0.15, -0.1) is 11.8 Å². The molecule has 1 aromatic heterocycles. The number of nitrogens with zero attached hydrogens (tertiary/aromatic N) is 2. The second kappa shape index (κ2) is 7.02. The van der Waals surface area contributed by atoms with E-state index >= 15 is 0 Å². The fourth-order valence-corrected chi connectivity index (χ4v) is 3.82. The summed E-state index contributed by atoms with van der Waals surface area (Å²) in [5, 5.41) is 0.860. The Bertz CT molecular complexity index is 683. The van der Waals surface area contributed by atoms with Gasteiger partial charge >= 0.3 is 0 Å². The number of nitrogens with one attached hydrogen (secondary N) is 1. The number of benzene rings is 1. The van der Waals surface area contributed by atoms with Gasteiger partial charge < -0.3 is 0 Å². The van der Waals surface area contributed by atoms with Crippen molar-refractivity contribution < 1.29 is 8.42 Å². The lowest BCUT2D eigenvalue weighted by molar-refractivity contribution is 0.584. The van der Waals surface area contributed by atoms with Crippen LogP contribution in [0.5, 0.6) is 0 Å². The Balaban J connectivity index is 1.87. The SMILES string of the molecule is Cc1cc(SCCNS(=O)(=O)c2ccccc2)nc(C)n1. The van der Waals surface area contributed by atoms with E-state index in [1.807, 2.05) is 19.9 Å². The van der Waals surface area contributed by atoms with Crippen LogP contribution in [-0.4, -0.2) is 30.7 Å². The van der Waals surface area contributed by atoms with Crippen molar-refractivity contribution in [2.45, 2.75) is 23.8 Å². The van der Waals surface area contributed by atoms with Crippen molar-refractivity contribution in [3.8, 4) is 0 Å². The lowest BCUT2D eigenvalue weighted by Crippen LogP contribution is -2.26. The summed E-state index contributed by atoms with van der Waals surface area (Å²) >= 11 is 1.51. The first-order valence-electron chi connectivity index (χ1n) is 6.47. The van der Waals surface area contributed by atoms with Crippen LogP contribution < -0.4 is 4.72 Å². The van der Waals surface area contributed by atoms with Gasteiger partial charge in [-0.3, -0.25) is 0 Å². The van der Waals surface area contributed by atoms with Crippen LogP contribution in [-0.2, 0) is 10.0 Å². The van der Waals surface area contributed by atoms with Crippen LogP contribution >= 0.6 is 11.8 Å². The molecule has 0 amide bonds. The Labute approximate surface area is 129 Å². The molecule has 0 spiro atoms. The monoisotopic (exact) mass is 323 g/mol. The van der Waals surface area contributed by atoms with Crippen LogP contribution in [0.4, 0.5) is 0 Å².